The third-order valence-corrected chi connectivity index (χ3v) is 3.57. The van der Waals surface area contributed by atoms with E-state index < -0.39 is 11.0 Å². The second-order valence-electron chi connectivity index (χ2n) is 4.45. The standard InChI is InChI=1S/C15H14ClNO5/c1-21-13-7-10(12(17(19)20)8-14(13)22-2)15(18)9-5-3-4-6-11(9)16/h3-8,15,18H,1-2H3. The van der Waals surface area contributed by atoms with Crippen LogP contribution in [-0.2, 0) is 0 Å². The first kappa shape index (κ1) is 16.1. The minimum absolute atomic E-state index is 0.0794. The number of benzene rings is 2. The first-order valence-corrected chi connectivity index (χ1v) is 6.70. The molecule has 0 saturated carbocycles. The third kappa shape index (κ3) is 2.98. The van der Waals surface area contributed by atoms with Crippen LogP contribution >= 0.6 is 11.6 Å². The average molecular weight is 324 g/mol. The molecule has 2 aromatic carbocycles. The molecule has 1 N–H and O–H groups in total. The highest BCUT2D eigenvalue weighted by atomic mass is 35.5. The van der Waals surface area contributed by atoms with Gasteiger partial charge in [0.2, 0.25) is 0 Å². The Morgan fingerprint density at radius 2 is 1.73 bits per heavy atom. The van der Waals surface area contributed by atoms with Gasteiger partial charge in [0.25, 0.3) is 5.69 Å². The molecule has 0 aromatic heterocycles. The molecule has 6 nitrogen and oxygen atoms in total. The zero-order valence-corrected chi connectivity index (χ0v) is 12.7. The van der Waals surface area contributed by atoms with Crippen molar-refractivity contribution in [1.82, 2.24) is 0 Å². The number of methoxy groups -OCH3 is 2. The van der Waals surface area contributed by atoms with Crippen molar-refractivity contribution in [3.63, 3.8) is 0 Å². The largest absolute Gasteiger partial charge is 0.493 e. The lowest BCUT2D eigenvalue weighted by molar-refractivity contribution is -0.386. The van der Waals surface area contributed by atoms with Gasteiger partial charge in [0.05, 0.1) is 30.8 Å². The summed E-state index contributed by atoms with van der Waals surface area (Å²) in [6.07, 6.45) is -1.26. The molecule has 0 fully saturated rings. The summed E-state index contributed by atoms with van der Waals surface area (Å²) in [6, 6.07) is 9.21. The van der Waals surface area contributed by atoms with Crippen LogP contribution in [-0.4, -0.2) is 24.2 Å². The maximum absolute atomic E-state index is 11.3. The van der Waals surface area contributed by atoms with E-state index in [9.17, 15) is 15.2 Å². The molecular formula is C15H14ClNO5. The zero-order chi connectivity index (χ0) is 16.3. The lowest BCUT2D eigenvalue weighted by Gasteiger charge is -2.16. The van der Waals surface area contributed by atoms with Crippen molar-refractivity contribution in [3.8, 4) is 11.5 Å². The van der Waals surface area contributed by atoms with Gasteiger partial charge < -0.3 is 14.6 Å². The third-order valence-electron chi connectivity index (χ3n) is 3.22. The fourth-order valence-electron chi connectivity index (χ4n) is 2.13. The molecule has 22 heavy (non-hydrogen) atoms. The minimum atomic E-state index is -1.26. The maximum Gasteiger partial charge on any atom is 0.279 e. The van der Waals surface area contributed by atoms with Crippen molar-refractivity contribution >= 4 is 17.3 Å². The molecule has 0 aliphatic heterocycles. The maximum atomic E-state index is 11.3. The van der Waals surface area contributed by atoms with Gasteiger partial charge in [-0.25, -0.2) is 0 Å². The molecular weight excluding hydrogens is 310 g/mol. The molecule has 0 aliphatic carbocycles. The average Bonchev–Trinajstić information content (AvgIpc) is 2.53. The Kier molecular flexibility index (Phi) is 4.85. The normalized spacial score (nSPS) is 11.8. The van der Waals surface area contributed by atoms with Gasteiger partial charge in [0, 0.05) is 10.6 Å². The highest BCUT2D eigenvalue weighted by Gasteiger charge is 2.26. The van der Waals surface area contributed by atoms with Crippen LogP contribution in [0.3, 0.4) is 0 Å². The molecule has 116 valence electrons. The number of nitro benzene ring substituents is 1. The van der Waals surface area contributed by atoms with E-state index in [1.807, 2.05) is 0 Å². The van der Waals surface area contributed by atoms with Crippen LogP contribution in [0.4, 0.5) is 5.69 Å². The number of aliphatic hydroxyl groups excluding tert-OH is 1. The van der Waals surface area contributed by atoms with Crippen LogP contribution in [0.2, 0.25) is 5.02 Å². The molecule has 7 heteroatoms. The lowest BCUT2D eigenvalue weighted by atomic mass is 9.99. The van der Waals surface area contributed by atoms with Crippen molar-refractivity contribution in [2.75, 3.05) is 14.2 Å². The van der Waals surface area contributed by atoms with E-state index in [1.54, 1.807) is 24.3 Å². The molecule has 2 rings (SSSR count). The van der Waals surface area contributed by atoms with E-state index in [1.165, 1.54) is 26.4 Å². The first-order chi connectivity index (χ1) is 10.5. The van der Waals surface area contributed by atoms with E-state index in [0.717, 1.165) is 0 Å². The number of hydrogen-bond donors (Lipinski definition) is 1. The van der Waals surface area contributed by atoms with Gasteiger partial charge in [0.1, 0.15) is 6.10 Å². The van der Waals surface area contributed by atoms with E-state index in [-0.39, 0.29) is 22.7 Å². The van der Waals surface area contributed by atoms with E-state index in [4.69, 9.17) is 21.1 Å². The summed E-state index contributed by atoms with van der Waals surface area (Å²) in [7, 11) is 2.79. The van der Waals surface area contributed by atoms with E-state index >= 15 is 0 Å². The predicted octanol–water partition coefficient (Wildman–Crippen LogP) is 3.35. The van der Waals surface area contributed by atoms with Crippen molar-refractivity contribution in [2.45, 2.75) is 6.10 Å². The first-order valence-electron chi connectivity index (χ1n) is 6.32. The van der Waals surface area contributed by atoms with Crippen LogP contribution < -0.4 is 9.47 Å². The molecule has 0 saturated heterocycles. The number of aliphatic hydroxyl groups is 1. The number of hydrogen-bond acceptors (Lipinski definition) is 5. The molecule has 0 bridgehead atoms. The van der Waals surface area contributed by atoms with Crippen LogP contribution in [0.25, 0.3) is 0 Å². The summed E-state index contributed by atoms with van der Waals surface area (Å²) >= 11 is 6.05. The number of nitrogens with zero attached hydrogens (tertiary/aromatic N) is 1. The lowest BCUT2D eigenvalue weighted by Crippen LogP contribution is -2.06. The Morgan fingerprint density at radius 3 is 2.27 bits per heavy atom. The zero-order valence-electron chi connectivity index (χ0n) is 11.9. The molecule has 0 amide bonds. The molecule has 0 radical (unpaired) electrons. The second kappa shape index (κ2) is 6.64. The minimum Gasteiger partial charge on any atom is -0.493 e. The van der Waals surface area contributed by atoms with Crippen LogP contribution in [0.1, 0.15) is 17.2 Å². The molecule has 0 spiro atoms. The van der Waals surface area contributed by atoms with Gasteiger partial charge in [-0.2, -0.15) is 0 Å². The number of rotatable bonds is 5. The Labute approximate surface area is 132 Å². The molecule has 2 aromatic rings. The highest BCUT2D eigenvalue weighted by Crippen LogP contribution is 2.40. The number of ether oxygens (including phenoxy) is 2. The van der Waals surface area contributed by atoms with Crippen LogP contribution in [0, 0.1) is 10.1 Å². The fourth-order valence-corrected chi connectivity index (χ4v) is 2.36. The Balaban J connectivity index is 2.62. The Morgan fingerprint density at radius 1 is 1.14 bits per heavy atom. The summed E-state index contributed by atoms with van der Waals surface area (Å²) < 4.78 is 10.2. The van der Waals surface area contributed by atoms with Gasteiger partial charge in [-0.15, -0.1) is 0 Å². The van der Waals surface area contributed by atoms with Gasteiger partial charge in [0.15, 0.2) is 11.5 Å². The smallest absolute Gasteiger partial charge is 0.279 e. The summed E-state index contributed by atoms with van der Waals surface area (Å²) in [4.78, 5) is 10.7. The highest BCUT2D eigenvalue weighted by molar-refractivity contribution is 6.31. The van der Waals surface area contributed by atoms with Crippen molar-refractivity contribution in [2.24, 2.45) is 0 Å². The van der Waals surface area contributed by atoms with Gasteiger partial charge in [-0.1, -0.05) is 29.8 Å². The van der Waals surface area contributed by atoms with Crippen LogP contribution in [0.15, 0.2) is 36.4 Å². The Bertz CT molecular complexity index is 704. The topological polar surface area (TPSA) is 81.8 Å². The summed E-state index contributed by atoms with van der Waals surface area (Å²) in [5.74, 6) is 0.499. The second-order valence-corrected chi connectivity index (χ2v) is 4.85. The summed E-state index contributed by atoms with van der Waals surface area (Å²) in [5, 5.41) is 22.1. The summed E-state index contributed by atoms with van der Waals surface area (Å²) in [6.45, 7) is 0. The van der Waals surface area contributed by atoms with Gasteiger partial charge in [-0.3, -0.25) is 10.1 Å². The number of nitro groups is 1. The molecule has 1 unspecified atom stereocenters. The van der Waals surface area contributed by atoms with E-state index in [0.29, 0.717) is 10.6 Å². The monoisotopic (exact) mass is 323 g/mol. The molecule has 0 heterocycles. The van der Waals surface area contributed by atoms with Crippen LogP contribution in [0.5, 0.6) is 11.5 Å². The quantitative estimate of drug-likeness (QED) is 0.674. The molecule has 1 atom stereocenters. The van der Waals surface area contributed by atoms with Crippen molar-refractivity contribution < 1.29 is 19.5 Å². The van der Waals surface area contributed by atoms with Gasteiger partial charge >= 0.3 is 0 Å². The fraction of sp³-hybridized carbons (Fsp3) is 0.200. The van der Waals surface area contributed by atoms with E-state index in [2.05, 4.69) is 0 Å². The SMILES string of the molecule is COc1cc(C(O)c2ccccc2Cl)c([N+](=O)[O-])cc1OC. The number of halogens is 1. The summed E-state index contributed by atoms with van der Waals surface area (Å²) in [5.41, 5.74) is 0.181. The van der Waals surface area contributed by atoms with Crippen molar-refractivity contribution in [3.05, 3.63) is 62.7 Å². The van der Waals surface area contributed by atoms with Gasteiger partial charge in [-0.05, 0) is 12.1 Å². The Hall–Kier alpha value is -2.31. The predicted molar refractivity (Wildman–Crippen MR) is 81.7 cm³/mol. The van der Waals surface area contributed by atoms with Crippen molar-refractivity contribution in [1.29, 1.82) is 0 Å². The molecule has 0 aliphatic rings.